The van der Waals surface area contributed by atoms with Gasteiger partial charge in [-0.3, -0.25) is 15.6 Å². The van der Waals surface area contributed by atoms with Crippen molar-refractivity contribution in [3.05, 3.63) is 71.8 Å². The molecule has 0 bridgehead atoms. The van der Waals surface area contributed by atoms with Crippen molar-refractivity contribution in [2.24, 2.45) is 0 Å². The Balaban J connectivity index is 1.41. The number of nitrogens with one attached hydrogen (secondary N) is 3. The van der Waals surface area contributed by atoms with Gasteiger partial charge in [-0.1, -0.05) is 42.5 Å². The Kier molecular flexibility index (Phi) is 7.97. The minimum atomic E-state index is -3.46. The number of benzene rings is 2. The number of likely N-dealkylation sites (N-methyl/N-ethyl adjacent to an activating group) is 1. The summed E-state index contributed by atoms with van der Waals surface area (Å²) in [5.74, 6) is -0.0772. The van der Waals surface area contributed by atoms with Crippen molar-refractivity contribution >= 4 is 22.0 Å². The van der Waals surface area contributed by atoms with Crippen LogP contribution in [0, 0.1) is 0 Å². The Labute approximate surface area is 184 Å². The lowest BCUT2D eigenvalue weighted by Crippen LogP contribution is -2.32. The van der Waals surface area contributed by atoms with E-state index in [2.05, 4.69) is 39.8 Å². The predicted molar refractivity (Wildman–Crippen MR) is 122 cm³/mol. The number of hydrazine groups is 1. The predicted octanol–water partition coefficient (Wildman–Crippen LogP) is 2.45. The van der Waals surface area contributed by atoms with Gasteiger partial charge in [-0.15, -0.1) is 0 Å². The van der Waals surface area contributed by atoms with Crippen LogP contribution in [0.3, 0.4) is 0 Å². The van der Waals surface area contributed by atoms with Gasteiger partial charge in [-0.05, 0) is 55.6 Å². The van der Waals surface area contributed by atoms with Gasteiger partial charge in [0.1, 0.15) is 0 Å². The van der Waals surface area contributed by atoms with Crippen molar-refractivity contribution in [1.29, 1.82) is 0 Å². The Morgan fingerprint density at radius 3 is 2.52 bits per heavy atom. The number of carbonyl (C=O) groups excluding carboxylic acids is 1. The van der Waals surface area contributed by atoms with Crippen molar-refractivity contribution in [3.63, 3.8) is 0 Å². The minimum Gasteiger partial charge on any atom is -0.342 e. The highest BCUT2D eigenvalue weighted by Crippen LogP contribution is 2.23. The van der Waals surface area contributed by atoms with Gasteiger partial charge in [-0.2, -0.15) is 0 Å². The first kappa shape index (κ1) is 23.1. The maximum Gasteiger partial charge on any atom is 0.246 e. The van der Waals surface area contributed by atoms with E-state index >= 15 is 0 Å². The maximum atomic E-state index is 12.4. The molecule has 2 unspecified atom stereocenters. The van der Waals surface area contributed by atoms with Crippen LogP contribution in [0.5, 0.6) is 0 Å². The monoisotopic (exact) mass is 442 g/mol. The minimum absolute atomic E-state index is 0.0772. The van der Waals surface area contributed by atoms with Crippen LogP contribution in [0.4, 0.5) is 0 Å². The second kappa shape index (κ2) is 10.7. The molecule has 31 heavy (non-hydrogen) atoms. The molecule has 3 rings (SSSR count). The van der Waals surface area contributed by atoms with E-state index in [1.54, 1.807) is 30.2 Å². The first-order valence-electron chi connectivity index (χ1n) is 10.4. The summed E-state index contributed by atoms with van der Waals surface area (Å²) in [4.78, 5) is 14.3. The molecular formula is C23H30N4O3S. The molecule has 0 spiro atoms. The van der Waals surface area contributed by atoms with Gasteiger partial charge in [0.2, 0.25) is 15.9 Å². The molecular weight excluding hydrogens is 412 g/mol. The highest BCUT2D eigenvalue weighted by Gasteiger charge is 2.24. The number of nitrogens with zero attached hydrogens (tertiary/aromatic N) is 1. The average Bonchev–Trinajstić information content (AvgIpc) is 3.27. The van der Waals surface area contributed by atoms with Gasteiger partial charge in [0.15, 0.2) is 0 Å². The van der Waals surface area contributed by atoms with E-state index in [1.807, 2.05) is 6.07 Å². The average molecular weight is 443 g/mol. The standard InChI is InChI=1S/C23H30N4O3S/c1-24-31(29,30)21-13-10-18(11-14-21)12-15-23(28)27(2)16-6-9-20-17-22(26-25-20)19-7-4-3-5-8-19/h3-5,7-8,10-15,20,22,24-26H,6,9,16-17H2,1-2H3/b15-12+. The Morgan fingerprint density at radius 1 is 1.13 bits per heavy atom. The molecule has 1 fully saturated rings. The second-order valence-electron chi connectivity index (χ2n) is 7.70. The van der Waals surface area contributed by atoms with Crippen molar-refractivity contribution < 1.29 is 13.2 Å². The number of hydrogen-bond donors (Lipinski definition) is 3. The summed E-state index contributed by atoms with van der Waals surface area (Å²) in [6, 6.07) is 17.5. The summed E-state index contributed by atoms with van der Waals surface area (Å²) in [5.41, 5.74) is 8.77. The van der Waals surface area contributed by atoms with Gasteiger partial charge in [0.05, 0.1) is 4.90 Å². The highest BCUT2D eigenvalue weighted by molar-refractivity contribution is 7.89. The second-order valence-corrected chi connectivity index (χ2v) is 9.58. The van der Waals surface area contributed by atoms with Crippen LogP contribution in [-0.2, 0) is 14.8 Å². The zero-order chi connectivity index (χ0) is 22.3. The zero-order valence-corrected chi connectivity index (χ0v) is 18.7. The number of sulfonamides is 1. The fourth-order valence-electron chi connectivity index (χ4n) is 3.57. The lowest BCUT2D eigenvalue weighted by atomic mass is 10.00. The Hall–Kier alpha value is -2.52. The third-order valence-electron chi connectivity index (χ3n) is 5.48. The van der Waals surface area contributed by atoms with Crippen LogP contribution in [0.2, 0.25) is 0 Å². The molecule has 7 nitrogen and oxygen atoms in total. The largest absolute Gasteiger partial charge is 0.342 e. The van der Waals surface area contributed by atoms with E-state index < -0.39 is 10.0 Å². The summed E-state index contributed by atoms with van der Waals surface area (Å²) in [5, 5.41) is 0. The number of carbonyl (C=O) groups is 1. The summed E-state index contributed by atoms with van der Waals surface area (Å²) in [7, 11) is -0.288. The van der Waals surface area contributed by atoms with E-state index in [1.165, 1.54) is 30.8 Å². The van der Waals surface area contributed by atoms with Gasteiger partial charge in [0.25, 0.3) is 0 Å². The molecule has 1 aliphatic heterocycles. The number of hydrogen-bond acceptors (Lipinski definition) is 5. The molecule has 1 heterocycles. The summed E-state index contributed by atoms with van der Waals surface area (Å²) < 4.78 is 25.8. The van der Waals surface area contributed by atoms with Crippen LogP contribution in [-0.4, -0.2) is 45.9 Å². The first-order chi connectivity index (χ1) is 14.9. The molecule has 0 saturated carbocycles. The van der Waals surface area contributed by atoms with E-state index in [-0.39, 0.29) is 10.8 Å². The molecule has 1 saturated heterocycles. The zero-order valence-electron chi connectivity index (χ0n) is 17.9. The van der Waals surface area contributed by atoms with Gasteiger partial charge < -0.3 is 4.90 Å². The third kappa shape index (κ3) is 6.48. The fraction of sp³-hybridized carbons (Fsp3) is 0.348. The van der Waals surface area contributed by atoms with Crippen LogP contribution in [0.1, 0.15) is 36.4 Å². The van der Waals surface area contributed by atoms with Gasteiger partial charge in [0, 0.05) is 31.8 Å². The van der Waals surface area contributed by atoms with E-state index in [0.717, 1.165) is 24.8 Å². The number of amides is 1. The van der Waals surface area contributed by atoms with Gasteiger partial charge in [-0.25, -0.2) is 13.1 Å². The van der Waals surface area contributed by atoms with Crippen molar-refractivity contribution in [2.75, 3.05) is 20.6 Å². The number of rotatable bonds is 9. The summed E-state index contributed by atoms with van der Waals surface area (Å²) in [6.07, 6.45) is 6.14. The molecule has 0 aromatic heterocycles. The molecule has 0 aliphatic carbocycles. The summed E-state index contributed by atoms with van der Waals surface area (Å²) >= 11 is 0. The molecule has 3 N–H and O–H groups in total. The van der Waals surface area contributed by atoms with Crippen molar-refractivity contribution in [2.45, 2.75) is 36.2 Å². The first-order valence-corrected chi connectivity index (χ1v) is 11.9. The topological polar surface area (TPSA) is 90.5 Å². The van der Waals surface area contributed by atoms with Crippen LogP contribution < -0.4 is 15.6 Å². The smallest absolute Gasteiger partial charge is 0.246 e. The third-order valence-corrected chi connectivity index (χ3v) is 6.91. The van der Waals surface area contributed by atoms with Crippen molar-refractivity contribution in [3.8, 4) is 0 Å². The molecule has 166 valence electrons. The van der Waals surface area contributed by atoms with Crippen LogP contribution >= 0.6 is 0 Å². The molecule has 8 heteroatoms. The Bertz CT molecular complexity index is 991. The van der Waals surface area contributed by atoms with E-state index in [9.17, 15) is 13.2 Å². The van der Waals surface area contributed by atoms with E-state index in [4.69, 9.17) is 0 Å². The van der Waals surface area contributed by atoms with E-state index in [0.29, 0.717) is 18.6 Å². The lowest BCUT2D eigenvalue weighted by molar-refractivity contribution is -0.124. The Morgan fingerprint density at radius 2 is 1.84 bits per heavy atom. The highest BCUT2D eigenvalue weighted by atomic mass is 32.2. The molecule has 0 radical (unpaired) electrons. The fourth-order valence-corrected chi connectivity index (χ4v) is 4.30. The van der Waals surface area contributed by atoms with Crippen LogP contribution in [0.25, 0.3) is 6.08 Å². The molecule has 2 aromatic rings. The normalized spacial score (nSPS) is 19.0. The van der Waals surface area contributed by atoms with Crippen molar-refractivity contribution in [1.82, 2.24) is 20.5 Å². The molecule has 1 aliphatic rings. The molecule has 2 atom stereocenters. The quantitative estimate of drug-likeness (QED) is 0.519. The van der Waals surface area contributed by atoms with Crippen LogP contribution in [0.15, 0.2) is 65.6 Å². The van der Waals surface area contributed by atoms with Gasteiger partial charge >= 0.3 is 0 Å². The maximum absolute atomic E-state index is 12.4. The molecule has 1 amide bonds. The molecule has 2 aromatic carbocycles. The summed E-state index contributed by atoms with van der Waals surface area (Å²) in [6.45, 7) is 0.677. The lowest BCUT2D eigenvalue weighted by Gasteiger charge is -2.16. The SMILES string of the molecule is CNS(=O)(=O)c1ccc(/C=C/C(=O)N(C)CCCC2CC(c3ccccc3)NN2)cc1.